The Kier molecular flexibility index (Phi) is 6.70. The van der Waals surface area contributed by atoms with E-state index in [4.69, 9.17) is 10.5 Å². The van der Waals surface area contributed by atoms with E-state index in [1.165, 1.54) is 0 Å². The van der Waals surface area contributed by atoms with Gasteiger partial charge in [-0.15, -0.1) is 0 Å². The highest BCUT2D eigenvalue weighted by atomic mass is 16.5. The molecule has 88 valence electrons. The number of ether oxygens (including phenoxy) is 1. The second-order valence-corrected chi connectivity index (χ2v) is 3.79. The third-order valence-electron chi connectivity index (χ3n) is 1.82. The summed E-state index contributed by atoms with van der Waals surface area (Å²) >= 11 is 0. The van der Waals surface area contributed by atoms with Gasteiger partial charge in [0.05, 0.1) is 0 Å². The van der Waals surface area contributed by atoms with Crippen LogP contribution in [-0.4, -0.2) is 31.1 Å². The van der Waals surface area contributed by atoms with Crippen molar-refractivity contribution in [3.8, 4) is 0 Å². The van der Waals surface area contributed by atoms with Crippen LogP contribution in [0.25, 0.3) is 0 Å². The Labute approximate surface area is 90.4 Å². The van der Waals surface area contributed by atoms with Crippen LogP contribution in [-0.2, 0) is 14.3 Å². The first-order valence-electron chi connectivity index (χ1n) is 5.13. The van der Waals surface area contributed by atoms with E-state index in [-0.39, 0.29) is 12.5 Å². The second-order valence-electron chi connectivity index (χ2n) is 3.79. The number of primary amides is 1. The van der Waals surface area contributed by atoms with Gasteiger partial charge in [0.1, 0.15) is 12.6 Å². The summed E-state index contributed by atoms with van der Waals surface area (Å²) in [6.07, 6.45) is 0.549. The minimum atomic E-state index is -0.599. The molecule has 0 saturated heterocycles. The molecule has 0 aliphatic rings. The molecule has 0 fully saturated rings. The van der Waals surface area contributed by atoms with Gasteiger partial charge in [-0.25, -0.2) is 0 Å². The predicted octanol–water partition coefficient (Wildman–Crippen LogP) is 0.0391. The predicted molar refractivity (Wildman–Crippen MR) is 57.1 cm³/mol. The van der Waals surface area contributed by atoms with Crippen molar-refractivity contribution in [2.45, 2.75) is 33.2 Å². The van der Waals surface area contributed by atoms with Gasteiger partial charge in [0.2, 0.25) is 11.8 Å². The number of rotatable bonds is 7. The normalized spacial score (nSPS) is 12.5. The Morgan fingerprint density at radius 1 is 1.40 bits per heavy atom. The lowest BCUT2D eigenvalue weighted by Crippen LogP contribution is -2.46. The largest absolute Gasteiger partial charge is 0.372 e. The van der Waals surface area contributed by atoms with Gasteiger partial charge in [-0.2, -0.15) is 0 Å². The van der Waals surface area contributed by atoms with Crippen LogP contribution < -0.4 is 11.1 Å². The molecule has 0 spiro atoms. The lowest BCUT2D eigenvalue weighted by molar-refractivity contribution is -0.130. The van der Waals surface area contributed by atoms with Crippen LogP contribution in [0.15, 0.2) is 0 Å². The maximum atomic E-state index is 11.3. The van der Waals surface area contributed by atoms with Crippen molar-refractivity contribution in [2.24, 2.45) is 11.7 Å². The van der Waals surface area contributed by atoms with Crippen molar-refractivity contribution in [2.75, 3.05) is 13.2 Å². The van der Waals surface area contributed by atoms with Gasteiger partial charge < -0.3 is 15.8 Å². The Balaban J connectivity index is 4.05. The van der Waals surface area contributed by atoms with E-state index in [1.54, 1.807) is 6.92 Å². The zero-order chi connectivity index (χ0) is 11.8. The van der Waals surface area contributed by atoms with E-state index in [9.17, 15) is 9.59 Å². The Morgan fingerprint density at radius 3 is 2.40 bits per heavy atom. The van der Waals surface area contributed by atoms with Crippen LogP contribution in [0.2, 0.25) is 0 Å². The van der Waals surface area contributed by atoms with E-state index in [0.717, 1.165) is 0 Å². The maximum Gasteiger partial charge on any atom is 0.246 e. The minimum absolute atomic E-state index is 0.0294. The fourth-order valence-electron chi connectivity index (χ4n) is 1.15. The van der Waals surface area contributed by atoms with Gasteiger partial charge in [-0.3, -0.25) is 9.59 Å². The Bertz CT molecular complexity index is 217. The SMILES string of the molecule is CCOCC(=O)N[C@@H](CC(C)C)C(N)=O. The molecule has 15 heavy (non-hydrogen) atoms. The lowest BCUT2D eigenvalue weighted by atomic mass is 10.0. The van der Waals surface area contributed by atoms with Crippen molar-refractivity contribution in [1.82, 2.24) is 5.32 Å². The van der Waals surface area contributed by atoms with Crippen molar-refractivity contribution in [3.63, 3.8) is 0 Å². The van der Waals surface area contributed by atoms with Crippen molar-refractivity contribution >= 4 is 11.8 Å². The molecule has 0 unspecified atom stereocenters. The smallest absolute Gasteiger partial charge is 0.246 e. The lowest BCUT2D eigenvalue weighted by Gasteiger charge is -2.17. The molecular formula is C10H20N2O3. The molecule has 0 aliphatic heterocycles. The van der Waals surface area contributed by atoms with Crippen LogP contribution in [0.4, 0.5) is 0 Å². The van der Waals surface area contributed by atoms with Crippen molar-refractivity contribution < 1.29 is 14.3 Å². The third kappa shape index (κ3) is 6.90. The Hall–Kier alpha value is -1.10. The highest BCUT2D eigenvalue weighted by molar-refractivity contribution is 5.86. The number of hydrogen-bond acceptors (Lipinski definition) is 3. The van der Waals surface area contributed by atoms with E-state index in [2.05, 4.69) is 5.32 Å². The average Bonchev–Trinajstić information content (AvgIpc) is 2.12. The number of carbonyl (C=O) groups excluding carboxylic acids is 2. The molecule has 0 aromatic rings. The monoisotopic (exact) mass is 216 g/mol. The van der Waals surface area contributed by atoms with Gasteiger partial charge in [-0.1, -0.05) is 13.8 Å². The summed E-state index contributed by atoms with van der Waals surface area (Å²) in [5, 5.41) is 2.54. The highest BCUT2D eigenvalue weighted by Gasteiger charge is 2.18. The van der Waals surface area contributed by atoms with Gasteiger partial charge in [0.25, 0.3) is 0 Å². The summed E-state index contributed by atoms with van der Waals surface area (Å²) in [4.78, 5) is 22.3. The van der Waals surface area contributed by atoms with Crippen LogP contribution in [0, 0.1) is 5.92 Å². The molecule has 5 nitrogen and oxygen atoms in total. The summed E-state index contributed by atoms with van der Waals surface area (Å²) in [6.45, 7) is 6.17. The second kappa shape index (κ2) is 7.23. The Morgan fingerprint density at radius 2 is 2.00 bits per heavy atom. The molecule has 5 heteroatoms. The van der Waals surface area contributed by atoms with Crippen molar-refractivity contribution in [1.29, 1.82) is 0 Å². The minimum Gasteiger partial charge on any atom is -0.372 e. The molecule has 0 bridgehead atoms. The molecule has 1 atom stereocenters. The first-order chi connectivity index (χ1) is 6.97. The van der Waals surface area contributed by atoms with E-state index >= 15 is 0 Å². The number of amides is 2. The topological polar surface area (TPSA) is 81.4 Å². The number of carbonyl (C=O) groups is 2. The number of nitrogens with two attached hydrogens (primary N) is 1. The van der Waals surface area contributed by atoms with Crippen molar-refractivity contribution in [3.05, 3.63) is 0 Å². The molecule has 0 aromatic heterocycles. The zero-order valence-corrected chi connectivity index (χ0v) is 9.58. The molecule has 0 rings (SSSR count). The summed E-state index contributed by atoms with van der Waals surface area (Å²) in [5.74, 6) is -0.509. The number of nitrogens with one attached hydrogen (secondary N) is 1. The molecule has 0 radical (unpaired) electrons. The average molecular weight is 216 g/mol. The van der Waals surface area contributed by atoms with Gasteiger partial charge in [0.15, 0.2) is 0 Å². The third-order valence-corrected chi connectivity index (χ3v) is 1.82. The summed E-state index contributed by atoms with van der Waals surface area (Å²) in [6, 6.07) is -0.599. The number of hydrogen-bond donors (Lipinski definition) is 2. The molecule has 3 N–H and O–H groups in total. The van der Waals surface area contributed by atoms with Crippen LogP contribution in [0.3, 0.4) is 0 Å². The van der Waals surface area contributed by atoms with E-state index in [1.807, 2.05) is 13.8 Å². The van der Waals surface area contributed by atoms with E-state index in [0.29, 0.717) is 18.9 Å². The van der Waals surface area contributed by atoms with Crippen LogP contribution in [0.5, 0.6) is 0 Å². The standard InChI is InChI=1S/C10H20N2O3/c1-4-15-6-9(13)12-8(10(11)14)5-7(2)3/h7-8H,4-6H2,1-3H3,(H2,11,14)(H,12,13)/t8-/m0/s1. The van der Waals surface area contributed by atoms with Gasteiger partial charge in [0, 0.05) is 6.61 Å². The first kappa shape index (κ1) is 13.9. The molecule has 0 heterocycles. The molecular weight excluding hydrogens is 196 g/mol. The van der Waals surface area contributed by atoms with Crippen LogP contribution >= 0.6 is 0 Å². The van der Waals surface area contributed by atoms with Gasteiger partial charge in [-0.05, 0) is 19.3 Å². The maximum absolute atomic E-state index is 11.3. The first-order valence-corrected chi connectivity index (χ1v) is 5.13. The molecule has 2 amide bonds. The molecule has 0 aliphatic carbocycles. The molecule has 0 aromatic carbocycles. The van der Waals surface area contributed by atoms with Crippen LogP contribution in [0.1, 0.15) is 27.2 Å². The summed E-state index contributed by atoms with van der Waals surface area (Å²) in [5.41, 5.74) is 5.17. The zero-order valence-electron chi connectivity index (χ0n) is 9.58. The fraction of sp³-hybridized carbons (Fsp3) is 0.800. The summed E-state index contributed by atoms with van der Waals surface area (Å²) in [7, 11) is 0. The quantitative estimate of drug-likeness (QED) is 0.630. The molecule has 0 saturated carbocycles. The fourth-order valence-corrected chi connectivity index (χ4v) is 1.15. The highest BCUT2D eigenvalue weighted by Crippen LogP contribution is 2.04. The van der Waals surface area contributed by atoms with E-state index < -0.39 is 11.9 Å². The summed E-state index contributed by atoms with van der Waals surface area (Å²) < 4.78 is 4.92. The van der Waals surface area contributed by atoms with Gasteiger partial charge >= 0.3 is 0 Å².